The van der Waals surface area contributed by atoms with Gasteiger partial charge in [0.05, 0.1) is 33.3 Å². The van der Waals surface area contributed by atoms with Gasteiger partial charge in [0.25, 0.3) is 5.56 Å². The minimum absolute atomic E-state index is 0.0297. The number of ether oxygens (including phenoxy) is 4. The van der Waals surface area contributed by atoms with Crippen LogP contribution >= 0.6 is 0 Å². The van der Waals surface area contributed by atoms with E-state index < -0.39 is 29.6 Å². The Morgan fingerprint density at radius 1 is 1.02 bits per heavy atom. The van der Waals surface area contributed by atoms with Gasteiger partial charge >= 0.3 is 0 Å². The maximum absolute atomic E-state index is 12.9. The molecule has 0 spiro atoms. The van der Waals surface area contributed by atoms with Crippen LogP contribution in [0.5, 0.6) is 11.5 Å². The number of aliphatic imine (C=N–C) groups is 1. The molecule has 0 radical (unpaired) electrons. The molecule has 1 saturated heterocycles. The fraction of sp³-hybridized carbons (Fsp3) is 0.294. The third-order valence-electron chi connectivity index (χ3n) is 8.27. The van der Waals surface area contributed by atoms with Crippen molar-refractivity contribution in [3.05, 3.63) is 112 Å². The Balaban J connectivity index is 1.45. The van der Waals surface area contributed by atoms with E-state index in [1.54, 1.807) is 37.8 Å². The number of hydrogen-bond acceptors (Lipinski definition) is 9. The van der Waals surface area contributed by atoms with E-state index in [0.29, 0.717) is 17.9 Å². The number of benzene rings is 3. The molecule has 1 aliphatic heterocycles. The Hall–Kier alpha value is -5.24. The summed E-state index contributed by atoms with van der Waals surface area (Å²) in [5, 5.41) is 10.6. The number of aromatic nitrogens is 4. The second-order valence-electron chi connectivity index (χ2n) is 11.3. The van der Waals surface area contributed by atoms with E-state index in [1.165, 1.54) is 6.33 Å². The standard InChI is InChI=1S/C34H37N7O6/c1-40(2)32(35)39-33-37-30-29(31(43)38-33)36-20-41(30)28-18-26(27(19-42)46-28)47-34(21-8-6-5-7-9-21,22-10-14-24(44-3)15-11-22)23-12-16-25(45-4)17-13-23/h5-17,20,26-28,42H,18-19H2,1-4H3,(H3,35,37,38,39,43)/t26-,27+,28+/m0/s1. The van der Waals surface area contributed by atoms with Crippen molar-refractivity contribution in [2.75, 3.05) is 34.9 Å². The highest BCUT2D eigenvalue weighted by molar-refractivity contribution is 5.80. The van der Waals surface area contributed by atoms with Gasteiger partial charge in [-0.25, -0.2) is 4.98 Å². The average Bonchev–Trinajstić information content (AvgIpc) is 3.71. The lowest BCUT2D eigenvalue weighted by Gasteiger charge is -2.39. The number of imidazole rings is 1. The number of aliphatic hydroxyl groups excluding tert-OH is 1. The molecule has 2 aromatic heterocycles. The molecule has 0 bridgehead atoms. The molecule has 4 N–H and O–H groups in total. The molecule has 3 heterocycles. The van der Waals surface area contributed by atoms with Crippen LogP contribution in [-0.2, 0) is 15.1 Å². The van der Waals surface area contributed by atoms with Crippen LogP contribution in [0.1, 0.15) is 29.3 Å². The zero-order chi connectivity index (χ0) is 33.1. The summed E-state index contributed by atoms with van der Waals surface area (Å²) >= 11 is 0. The fourth-order valence-electron chi connectivity index (χ4n) is 5.80. The SMILES string of the molecule is COc1ccc(C(O[C@H]2C[C@H](n3cnc4c(=O)[nH]c(/N=C(\N)N(C)C)nc43)O[C@@H]2CO)(c2ccccc2)c2ccc(OC)cc2)cc1. The van der Waals surface area contributed by atoms with E-state index in [9.17, 15) is 9.90 Å². The summed E-state index contributed by atoms with van der Waals surface area (Å²) in [5.74, 6) is 1.60. The Morgan fingerprint density at radius 2 is 1.62 bits per heavy atom. The van der Waals surface area contributed by atoms with Crippen molar-refractivity contribution in [2.45, 2.75) is 30.5 Å². The monoisotopic (exact) mass is 639 g/mol. The number of aliphatic hydroxyl groups is 1. The van der Waals surface area contributed by atoms with Crippen LogP contribution in [0, 0.1) is 0 Å². The molecule has 0 unspecified atom stereocenters. The summed E-state index contributed by atoms with van der Waals surface area (Å²) in [6.07, 6.45) is -0.199. The average molecular weight is 640 g/mol. The summed E-state index contributed by atoms with van der Waals surface area (Å²) in [6, 6.07) is 25.3. The van der Waals surface area contributed by atoms with Gasteiger partial charge in [0, 0.05) is 20.5 Å². The number of fused-ring (bicyclic) bond motifs is 1. The Morgan fingerprint density at radius 3 is 2.17 bits per heavy atom. The van der Waals surface area contributed by atoms with Gasteiger partial charge in [0.1, 0.15) is 29.4 Å². The molecule has 1 aliphatic rings. The Kier molecular flexibility index (Phi) is 8.94. The highest BCUT2D eigenvalue weighted by Gasteiger charge is 2.46. The van der Waals surface area contributed by atoms with E-state index in [2.05, 4.69) is 19.9 Å². The first kappa shape index (κ1) is 31.7. The number of guanidine groups is 1. The lowest BCUT2D eigenvalue weighted by atomic mass is 9.79. The van der Waals surface area contributed by atoms with Crippen molar-refractivity contribution in [3.8, 4) is 11.5 Å². The molecule has 13 nitrogen and oxygen atoms in total. The molecule has 1 fully saturated rings. The first-order chi connectivity index (χ1) is 22.8. The molecule has 47 heavy (non-hydrogen) atoms. The minimum Gasteiger partial charge on any atom is -0.497 e. The molecule has 0 aliphatic carbocycles. The molecule has 13 heteroatoms. The number of nitrogens with zero attached hydrogens (tertiary/aromatic N) is 5. The molecule has 244 valence electrons. The number of aromatic amines is 1. The van der Waals surface area contributed by atoms with Crippen LogP contribution in [0.2, 0.25) is 0 Å². The van der Waals surface area contributed by atoms with Crippen molar-refractivity contribution >= 4 is 23.1 Å². The summed E-state index contributed by atoms with van der Waals surface area (Å²) in [5.41, 5.74) is 7.33. The number of rotatable bonds is 10. The second-order valence-corrected chi connectivity index (χ2v) is 11.3. The third-order valence-corrected chi connectivity index (χ3v) is 8.27. The van der Waals surface area contributed by atoms with E-state index in [-0.39, 0.29) is 29.7 Å². The van der Waals surface area contributed by atoms with Crippen molar-refractivity contribution in [2.24, 2.45) is 10.7 Å². The number of nitrogens with two attached hydrogens (primary N) is 1. The van der Waals surface area contributed by atoms with Crippen LogP contribution < -0.4 is 20.8 Å². The zero-order valence-electron chi connectivity index (χ0n) is 26.5. The van der Waals surface area contributed by atoms with Gasteiger partial charge in [-0.3, -0.25) is 14.3 Å². The van der Waals surface area contributed by atoms with E-state index in [1.807, 2.05) is 78.9 Å². The molecule has 0 amide bonds. The van der Waals surface area contributed by atoms with E-state index in [0.717, 1.165) is 16.7 Å². The normalized spacial score (nSPS) is 18.4. The van der Waals surface area contributed by atoms with Crippen LogP contribution in [0.4, 0.5) is 5.95 Å². The maximum Gasteiger partial charge on any atom is 0.280 e. The van der Waals surface area contributed by atoms with Gasteiger partial charge in [0.15, 0.2) is 17.1 Å². The van der Waals surface area contributed by atoms with Crippen molar-refractivity contribution < 1.29 is 24.1 Å². The van der Waals surface area contributed by atoms with Crippen LogP contribution in [0.15, 0.2) is 95.0 Å². The predicted molar refractivity (Wildman–Crippen MR) is 176 cm³/mol. The Bertz CT molecular complexity index is 1860. The number of hydrogen-bond donors (Lipinski definition) is 3. The van der Waals surface area contributed by atoms with Gasteiger partial charge in [-0.05, 0) is 41.0 Å². The van der Waals surface area contributed by atoms with Gasteiger partial charge < -0.3 is 34.7 Å². The molecule has 0 saturated carbocycles. The second kappa shape index (κ2) is 13.2. The van der Waals surface area contributed by atoms with Crippen LogP contribution in [0.25, 0.3) is 11.2 Å². The predicted octanol–water partition coefficient (Wildman–Crippen LogP) is 3.30. The molecule has 3 aromatic carbocycles. The molecular weight excluding hydrogens is 602 g/mol. The largest absolute Gasteiger partial charge is 0.497 e. The highest BCUT2D eigenvalue weighted by Crippen LogP contribution is 2.45. The molecule has 3 atom stereocenters. The molecule has 5 aromatic rings. The lowest BCUT2D eigenvalue weighted by Crippen LogP contribution is -2.40. The maximum atomic E-state index is 12.9. The molecule has 6 rings (SSSR count). The number of H-pyrrole nitrogens is 1. The first-order valence-corrected chi connectivity index (χ1v) is 15.0. The van der Waals surface area contributed by atoms with Crippen LogP contribution in [-0.4, -0.2) is 82.6 Å². The Labute approximate surface area is 271 Å². The van der Waals surface area contributed by atoms with Crippen molar-refractivity contribution in [1.82, 2.24) is 24.4 Å². The van der Waals surface area contributed by atoms with Crippen molar-refractivity contribution in [1.29, 1.82) is 0 Å². The topological polar surface area (TPSA) is 162 Å². The summed E-state index contributed by atoms with van der Waals surface area (Å²) in [6.45, 7) is -0.313. The van der Waals surface area contributed by atoms with Crippen molar-refractivity contribution in [3.63, 3.8) is 0 Å². The van der Waals surface area contributed by atoms with Gasteiger partial charge in [-0.15, -0.1) is 0 Å². The quantitative estimate of drug-likeness (QED) is 0.117. The summed E-state index contributed by atoms with van der Waals surface area (Å²) in [4.78, 5) is 30.2. The molecular formula is C34H37N7O6. The van der Waals surface area contributed by atoms with Gasteiger partial charge in [-0.2, -0.15) is 9.98 Å². The first-order valence-electron chi connectivity index (χ1n) is 15.0. The van der Waals surface area contributed by atoms with E-state index in [4.69, 9.17) is 24.7 Å². The summed E-state index contributed by atoms with van der Waals surface area (Å²) < 4.78 is 26.2. The summed E-state index contributed by atoms with van der Waals surface area (Å²) in [7, 11) is 6.70. The van der Waals surface area contributed by atoms with Crippen LogP contribution in [0.3, 0.4) is 0 Å². The number of methoxy groups -OCH3 is 2. The van der Waals surface area contributed by atoms with E-state index >= 15 is 0 Å². The zero-order valence-corrected chi connectivity index (χ0v) is 26.5. The van der Waals surface area contributed by atoms with Gasteiger partial charge in [0.2, 0.25) is 5.95 Å². The number of nitrogens with one attached hydrogen (secondary N) is 1. The minimum atomic E-state index is -1.13. The lowest BCUT2D eigenvalue weighted by molar-refractivity contribution is -0.0988. The highest BCUT2D eigenvalue weighted by atomic mass is 16.6. The smallest absolute Gasteiger partial charge is 0.280 e. The fourth-order valence-corrected chi connectivity index (χ4v) is 5.80. The van der Waals surface area contributed by atoms with Gasteiger partial charge in [-0.1, -0.05) is 54.6 Å². The third kappa shape index (κ3) is 6.03.